The molecule has 15 heavy (non-hydrogen) atoms. The van der Waals surface area contributed by atoms with Crippen LogP contribution in [0.5, 0.6) is 0 Å². The molecule has 0 saturated heterocycles. The topological polar surface area (TPSA) is 54.7 Å². The van der Waals surface area contributed by atoms with Gasteiger partial charge in [-0.25, -0.2) is 4.98 Å². The van der Waals surface area contributed by atoms with Crippen molar-refractivity contribution >= 4 is 0 Å². The molecule has 0 spiro atoms. The second-order valence-electron chi connectivity index (χ2n) is 6.01. The Morgan fingerprint density at radius 2 is 1.73 bits per heavy atom. The molecule has 1 heterocycles. The summed E-state index contributed by atoms with van der Waals surface area (Å²) in [6.07, 6.45) is 5.94. The zero-order chi connectivity index (χ0) is 11.3. The van der Waals surface area contributed by atoms with Gasteiger partial charge in [-0.05, 0) is 23.7 Å². The highest BCUT2D eigenvalue weighted by Crippen LogP contribution is 2.59. The summed E-state index contributed by atoms with van der Waals surface area (Å²) >= 11 is 0. The number of hydrogen-bond donors (Lipinski definition) is 2. The van der Waals surface area contributed by atoms with Crippen LogP contribution in [-0.4, -0.2) is 9.97 Å². The van der Waals surface area contributed by atoms with E-state index in [1.54, 1.807) is 6.20 Å². The molecule has 2 rings (SSSR count). The van der Waals surface area contributed by atoms with Gasteiger partial charge in [0.25, 0.3) is 0 Å². The van der Waals surface area contributed by atoms with Crippen molar-refractivity contribution in [2.24, 2.45) is 16.6 Å². The Labute approximate surface area is 91.5 Å². The highest BCUT2D eigenvalue weighted by Gasteiger charge is 2.59. The van der Waals surface area contributed by atoms with Crippen LogP contribution in [0.4, 0.5) is 0 Å². The first kappa shape index (κ1) is 10.7. The Hall–Kier alpha value is -0.830. The summed E-state index contributed by atoms with van der Waals surface area (Å²) < 4.78 is 0. The second kappa shape index (κ2) is 2.85. The van der Waals surface area contributed by atoms with Crippen molar-refractivity contribution in [3.05, 3.63) is 18.2 Å². The van der Waals surface area contributed by atoms with E-state index in [-0.39, 0.29) is 16.4 Å². The lowest BCUT2D eigenvalue weighted by molar-refractivity contribution is 0.0982. The molecule has 3 heteroatoms. The number of imidazole rings is 1. The van der Waals surface area contributed by atoms with Gasteiger partial charge in [0.15, 0.2) is 0 Å². The number of aromatic nitrogens is 2. The number of nitrogens with zero attached hydrogens (tertiary/aromatic N) is 1. The summed E-state index contributed by atoms with van der Waals surface area (Å²) in [5.41, 5.74) is 6.51. The van der Waals surface area contributed by atoms with Crippen LogP contribution >= 0.6 is 0 Å². The maximum absolute atomic E-state index is 6.69. The summed E-state index contributed by atoms with van der Waals surface area (Å²) in [5.74, 6) is 0.926. The molecule has 0 bridgehead atoms. The van der Waals surface area contributed by atoms with Gasteiger partial charge in [0.1, 0.15) is 5.82 Å². The van der Waals surface area contributed by atoms with Gasteiger partial charge in [-0.15, -0.1) is 0 Å². The third-order valence-corrected chi connectivity index (χ3v) is 4.38. The Bertz CT molecular complexity index is 333. The maximum atomic E-state index is 6.69. The van der Waals surface area contributed by atoms with Gasteiger partial charge < -0.3 is 10.7 Å². The monoisotopic (exact) mass is 207 g/mol. The molecule has 1 fully saturated rings. The van der Waals surface area contributed by atoms with E-state index in [1.165, 1.54) is 0 Å². The SMILES string of the molecule is CC1(C)CCC(C)(C)C1(N)c1ncc[nH]1. The van der Waals surface area contributed by atoms with Crippen LogP contribution in [0.25, 0.3) is 0 Å². The predicted octanol–water partition coefficient (Wildman–Crippen LogP) is 2.41. The Balaban J connectivity index is 2.56. The smallest absolute Gasteiger partial charge is 0.127 e. The van der Waals surface area contributed by atoms with E-state index in [4.69, 9.17) is 5.73 Å². The molecule has 84 valence electrons. The molecule has 1 aliphatic rings. The van der Waals surface area contributed by atoms with Crippen molar-refractivity contribution in [3.8, 4) is 0 Å². The fourth-order valence-electron chi connectivity index (χ4n) is 3.06. The van der Waals surface area contributed by atoms with Crippen LogP contribution in [0.3, 0.4) is 0 Å². The fourth-order valence-corrected chi connectivity index (χ4v) is 3.06. The third kappa shape index (κ3) is 1.19. The van der Waals surface area contributed by atoms with Gasteiger partial charge in [0.2, 0.25) is 0 Å². The summed E-state index contributed by atoms with van der Waals surface area (Å²) in [7, 11) is 0. The number of aromatic amines is 1. The molecule has 0 atom stereocenters. The molecule has 1 aliphatic carbocycles. The molecule has 1 saturated carbocycles. The van der Waals surface area contributed by atoms with Crippen LogP contribution in [0.2, 0.25) is 0 Å². The first-order valence-corrected chi connectivity index (χ1v) is 5.60. The predicted molar refractivity (Wildman–Crippen MR) is 61.2 cm³/mol. The van der Waals surface area contributed by atoms with E-state index in [9.17, 15) is 0 Å². The summed E-state index contributed by atoms with van der Waals surface area (Å²) in [6.45, 7) is 8.96. The van der Waals surface area contributed by atoms with Gasteiger partial charge in [0.05, 0.1) is 5.54 Å². The number of nitrogens with two attached hydrogens (primary N) is 1. The molecule has 0 radical (unpaired) electrons. The van der Waals surface area contributed by atoms with E-state index in [1.807, 2.05) is 6.20 Å². The van der Waals surface area contributed by atoms with Crippen LogP contribution < -0.4 is 5.73 Å². The summed E-state index contributed by atoms with van der Waals surface area (Å²) in [5, 5.41) is 0. The molecule has 3 nitrogen and oxygen atoms in total. The van der Waals surface area contributed by atoms with E-state index in [2.05, 4.69) is 37.7 Å². The van der Waals surface area contributed by atoms with Gasteiger partial charge in [-0.1, -0.05) is 27.7 Å². The van der Waals surface area contributed by atoms with Crippen molar-refractivity contribution in [2.75, 3.05) is 0 Å². The van der Waals surface area contributed by atoms with Gasteiger partial charge in [0, 0.05) is 12.4 Å². The first-order chi connectivity index (χ1) is 6.81. The van der Waals surface area contributed by atoms with Crippen LogP contribution in [-0.2, 0) is 5.54 Å². The Morgan fingerprint density at radius 1 is 1.20 bits per heavy atom. The van der Waals surface area contributed by atoms with E-state index < -0.39 is 0 Å². The van der Waals surface area contributed by atoms with Crippen molar-refractivity contribution in [1.29, 1.82) is 0 Å². The molecule has 1 aromatic heterocycles. The minimum Gasteiger partial charge on any atom is -0.347 e. The lowest BCUT2D eigenvalue weighted by Gasteiger charge is -2.44. The lowest BCUT2D eigenvalue weighted by Crippen LogP contribution is -2.55. The Kier molecular flexibility index (Phi) is 2.03. The average Bonchev–Trinajstić information content (AvgIpc) is 2.70. The van der Waals surface area contributed by atoms with E-state index in [0.717, 1.165) is 18.7 Å². The van der Waals surface area contributed by atoms with Crippen LogP contribution in [0, 0.1) is 10.8 Å². The Morgan fingerprint density at radius 3 is 2.13 bits per heavy atom. The molecule has 3 N–H and O–H groups in total. The molecule has 0 amide bonds. The van der Waals surface area contributed by atoms with Crippen molar-refractivity contribution in [2.45, 2.75) is 46.1 Å². The summed E-state index contributed by atoms with van der Waals surface area (Å²) in [6, 6.07) is 0. The lowest BCUT2D eigenvalue weighted by atomic mass is 9.65. The molecular weight excluding hydrogens is 186 g/mol. The number of rotatable bonds is 1. The zero-order valence-corrected chi connectivity index (χ0v) is 10.1. The van der Waals surface area contributed by atoms with Gasteiger partial charge in [-0.3, -0.25) is 0 Å². The first-order valence-electron chi connectivity index (χ1n) is 5.60. The minimum atomic E-state index is -0.358. The summed E-state index contributed by atoms with van der Waals surface area (Å²) in [4.78, 5) is 7.58. The fraction of sp³-hybridized carbons (Fsp3) is 0.750. The standard InChI is InChI=1S/C12H21N3/c1-10(2)5-6-11(3,4)12(10,13)9-14-7-8-15-9/h7-8H,5-6,13H2,1-4H3,(H,14,15). The van der Waals surface area contributed by atoms with Crippen molar-refractivity contribution < 1.29 is 0 Å². The number of hydrogen-bond acceptors (Lipinski definition) is 2. The van der Waals surface area contributed by atoms with Gasteiger partial charge in [-0.2, -0.15) is 0 Å². The third-order valence-electron chi connectivity index (χ3n) is 4.38. The highest BCUT2D eigenvalue weighted by molar-refractivity contribution is 5.21. The van der Waals surface area contributed by atoms with Crippen LogP contribution in [0.1, 0.15) is 46.4 Å². The highest BCUT2D eigenvalue weighted by atomic mass is 15.0. The second-order valence-corrected chi connectivity index (χ2v) is 6.01. The van der Waals surface area contributed by atoms with E-state index >= 15 is 0 Å². The molecular formula is C12H21N3. The largest absolute Gasteiger partial charge is 0.347 e. The van der Waals surface area contributed by atoms with Crippen molar-refractivity contribution in [1.82, 2.24) is 9.97 Å². The maximum Gasteiger partial charge on any atom is 0.127 e. The number of nitrogens with one attached hydrogen (secondary N) is 1. The average molecular weight is 207 g/mol. The molecule has 0 aromatic carbocycles. The molecule has 0 unspecified atom stereocenters. The normalized spacial score (nSPS) is 26.7. The van der Waals surface area contributed by atoms with E-state index in [0.29, 0.717) is 0 Å². The number of H-pyrrole nitrogens is 1. The quantitative estimate of drug-likeness (QED) is 0.743. The molecule has 0 aliphatic heterocycles. The molecule has 1 aromatic rings. The van der Waals surface area contributed by atoms with Crippen LogP contribution in [0.15, 0.2) is 12.4 Å². The zero-order valence-electron chi connectivity index (χ0n) is 10.1. The van der Waals surface area contributed by atoms with Crippen molar-refractivity contribution in [3.63, 3.8) is 0 Å². The van der Waals surface area contributed by atoms with Gasteiger partial charge >= 0.3 is 0 Å². The minimum absolute atomic E-state index is 0.0916.